The standard InChI is InChI=1S/C11H20BrN3O2/c1-3-15-11(9(12)8-14-15)10(13)4-5-17-7-6-16-2/h8,10H,3-7,13H2,1-2H3. The van der Waals surface area contributed by atoms with Crippen LogP contribution in [0.15, 0.2) is 10.7 Å². The van der Waals surface area contributed by atoms with Crippen molar-refractivity contribution < 1.29 is 9.47 Å². The summed E-state index contributed by atoms with van der Waals surface area (Å²) < 4.78 is 13.2. The van der Waals surface area contributed by atoms with Crippen molar-refractivity contribution in [2.24, 2.45) is 5.73 Å². The number of hydrogen-bond donors (Lipinski definition) is 1. The summed E-state index contributed by atoms with van der Waals surface area (Å²) in [5.74, 6) is 0. The van der Waals surface area contributed by atoms with E-state index in [0.717, 1.165) is 23.1 Å². The first kappa shape index (κ1) is 14.6. The summed E-state index contributed by atoms with van der Waals surface area (Å²) in [5.41, 5.74) is 7.16. The van der Waals surface area contributed by atoms with E-state index in [4.69, 9.17) is 15.2 Å². The predicted molar refractivity (Wildman–Crippen MR) is 69.8 cm³/mol. The van der Waals surface area contributed by atoms with Crippen molar-refractivity contribution in [3.63, 3.8) is 0 Å². The minimum atomic E-state index is -0.0608. The Balaban J connectivity index is 2.40. The maximum Gasteiger partial charge on any atom is 0.0700 e. The molecule has 0 saturated heterocycles. The molecule has 98 valence electrons. The molecular weight excluding hydrogens is 286 g/mol. The Kier molecular flexibility index (Phi) is 6.72. The molecule has 1 aromatic rings. The molecule has 0 fully saturated rings. The molecule has 0 spiro atoms. The van der Waals surface area contributed by atoms with Gasteiger partial charge in [-0.1, -0.05) is 0 Å². The van der Waals surface area contributed by atoms with Crippen LogP contribution in [0.2, 0.25) is 0 Å². The van der Waals surface area contributed by atoms with Gasteiger partial charge in [-0.25, -0.2) is 0 Å². The Bertz CT molecular complexity index is 331. The van der Waals surface area contributed by atoms with E-state index in [1.54, 1.807) is 13.3 Å². The summed E-state index contributed by atoms with van der Waals surface area (Å²) in [7, 11) is 1.66. The summed E-state index contributed by atoms with van der Waals surface area (Å²) in [6.07, 6.45) is 2.55. The van der Waals surface area contributed by atoms with Gasteiger partial charge in [0, 0.05) is 20.3 Å². The van der Waals surface area contributed by atoms with E-state index in [0.29, 0.717) is 19.8 Å². The minimum Gasteiger partial charge on any atom is -0.382 e. The average Bonchev–Trinajstić information content (AvgIpc) is 2.70. The molecule has 0 aliphatic rings. The third-order valence-electron chi connectivity index (χ3n) is 2.49. The smallest absolute Gasteiger partial charge is 0.0700 e. The van der Waals surface area contributed by atoms with Gasteiger partial charge in [-0.15, -0.1) is 0 Å². The Labute approximate surface area is 110 Å². The number of nitrogens with zero attached hydrogens (tertiary/aromatic N) is 2. The second-order valence-electron chi connectivity index (χ2n) is 3.69. The van der Waals surface area contributed by atoms with Crippen LogP contribution < -0.4 is 5.73 Å². The zero-order chi connectivity index (χ0) is 12.7. The summed E-state index contributed by atoms with van der Waals surface area (Å²) in [4.78, 5) is 0. The fourth-order valence-electron chi connectivity index (χ4n) is 1.58. The number of nitrogens with two attached hydrogens (primary N) is 1. The van der Waals surface area contributed by atoms with Gasteiger partial charge in [-0.2, -0.15) is 5.10 Å². The number of halogens is 1. The van der Waals surface area contributed by atoms with Crippen LogP contribution in [0.1, 0.15) is 25.1 Å². The molecule has 0 saturated carbocycles. The SMILES string of the molecule is CCn1ncc(Br)c1C(N)CCOCCOC. The van der Waals surface area contributed by atoms with Gasteiger partial charge in [0.2, 0.25) is 0 Å². The summed E-state index contributed by atoms with van der Waals surface area (Å²) in [6, 6.07) is -0.0608. The number of rotatable bonds is 8. The Morgan fingerprint density at radius 3 is 2.88 bits per heavy atom. The Morgan fingerprint density at radius 1 is 1.47 bits per heavy atom. The number of ether oxygens (including phenoxy) is 2. The van der Waals surface area contributed by atoms with E-state index in [9.17, 15) is 0 Å². The van der Waals surface area contributed by atoms with Crippen LogP contribution in [0.3, 0.4) is 0 Å². The highest BCUT2D eigenvalue weighted by atomic mass is 79.9. The predicted octanol–water partition coefficient (Wildman–Crippen LogP) is 1.72. The number of hydrogen-bond acceptors (Lipinski definition) is 4. The van der Waals surface area contributed by atoms with Crippen LogP contribution >= 0.6 is 15.9 Å². The van der Waals surface area contributed by atoms with Crippen molar-refractivity contribution in [1.82, 2.24) is 9.78 Å². The molecule has 0 aliphatic carbocycles. The first-order chi connectivity index (χ1) is 8.20. The molecule has 1 unspecified atom stereocenters. The topological polar surface area (TPSA) is 62.3 Å². The second kappa shape index (κ2) is 7.81. The third kappa shape index (κ3) is 4.39. The molecule has 0 amide bonds. The number of methoxy groups -OCH3 is 1. The maximum absolute atomic E-state index is 6.13. The molecular formula is C11H20BrN3O2. The van der Waals surface area contributed by atoms with Gasteiger partial charge in [-0.05, 0) is 29.3 Å². The molecule has 0 aliphatic heterocycles. The molecule has 5 nitrogen and oxygen atoms in total. The molecule has 6 heteroatoms. The lowest BCUT2D eigenvalue weighted by Crippen LogP contribution is -2.18. The highest BCUT2D eigenvalue weighted by Gasteiger charge is 2.15. The van der Waals surface area contributed by atoms with Crippen molar-refractivity contribution in [3.05, 3.63) is 16.4 Å². The molecule has 2 N–H and O–H groups in total. The first-order valence-corrected chi connectivity index (χ1v) is 6.53. The Hall–Kier alpha value is -0.430. The molecule has 0 bridgehead atoms. The largest absolute Gasteiger partial charge is 0.382 e. The fourth-order valence-corrected chi connectivity index (χ4v) is 2.17. The lowest BCUT2D eigenvalue weighted by atomic mass is 10.1. The molecule has 1 atom stereocenters. The Morgan fingerprint density at radius 2 is 2.24 bits per heavy atom. The van der Waals surface area contributed by atoms with Crippen molar-refractivity contribution in [2.45, 2.75) is 25.9 Å². The lowest BCUT2D eigenvalue weighted by Gasteiger charge is -2.14. The minimum absolute atomic E-state index is 0.0608. The zero-order valence-electron chi connectivity index (χ0n) is 10.4. The fraction of sp³-hybridized carbons (Fsp3) is 0.727. The van der Waals surface area contributed by atoms with Gasteiger partial charge in [0.05, 0.1) is 35.6 Å². The molecule has 17 heavy (non-hydrogen) atoms. The van der Waals surface area contributed by atoms with Gasteiger partial charge >= 0.3 is 0 Å². The van der Waals surface area contributed by atoms with Gasteiger partial charge < -0.3 is 15.2 Å². The van der Waals surface area contributed by atoms with E-state index in [1.165, 1.54) is 0 Å². The van der Waals surface area contributed by atoms with Crippen LogP contribution in [-0.2, 0) is 16.0 Å². The van der Waals surface area contributed by atoms with E-state index in [-0.39, 0.29) is 6.04 Å². The van der Waals surface area contributed by atoms with Gasteiger partial charge in [0.25, 0.3) is 0 Å². The van der Waals surface area contributed by atoms with Crippen molar-refractivity contribution in [2.75, 3.05) is 26.9 Å². The van der Waals surface area contributed by atoms with Crippen molar-refractivity contribution in [3.8, 4) is 0 Å². The van der Waals surface area contributed by atoms with E-state index in [1.807, 2.05) is 11.6 Å². The van der Waals surface area contributed by atoms with Crippen LogP contribution in [0.5, 0.6) is 0 Å². The molecule has 1 aromatic heterocycles. The van der Waals surface area contributed by atoms with Crippen LogP contribution in [-0.4, -0.2) is 36.7 Å². The van der Waals surface area contributed by atoms with E-state index >= 15 is 0 Å². The van der Waals surface area contributed by atoms with E-state index < -0.39 is 0 Å². The highest BCUT2D eigenvalue weighted by molar-refractivity contribution is 9.10. The quantitative estimate of drug-likeness (QED) is 0.743. The average molecular weight is 306 g/mol. The highest BCUT2D eigenvalue weighted by Crippen LogP contribution is 2.23. The van der Waals surface area contributed by atoms with Gasteiger partial charge in [0.1, 0.15) is 0 Å². The van der Waals surface area contributed by atoms with Crippen LogP contribution in [0.25, 0.3) is 0 Å². The third-order valence-corrected chi connectivity index (χ3v) is 3.10. The first-order valence-electron chi connectivity index (χ1n) is 5.74. The second-order valence-corrected chi connectivity index (χ2v) is 4.55. The normalized spacial score (nSPS) is 12.9. The van der Waals surface area contributed by atoms with Crippen molar-refractivity contribution in [1.29, 1.82) is 0 Å². The molecule has 0 radical (unpaired) electrons. The van der Waals surface area contributed by atoms with Gasteiger partial charge in [0.15, 0.2) is 0 Å². The molecule has 0 aromatic carbocycles. The molecule has 1 heterocycles. The maximum atomic E-state index is 6.13. The van der Waals surface area contributed by atoms with Crippen molar-refractivity contribution >= 4 is 15.9 Å². The van der Waals surface area contributed by atoms with Crippen LogP contribution in [0, 0.1) is 0 Å². The van der Waals surface area contributed by atoms with Gasteiger partial charge in [-0.3, -0.25) is 4.68 Å². The summed E-state index contributed by atoms with van der Waals surface area (Å²) in [5, 5.41) is 4.24. The molecule has 1 rings (SSSR count). The summed E-state index contributed by atoms with van der Waals surface area (Å²) >= 11 is 3.47. The number of aryl methyl sites for hydroxylation is 1. The number of aromatic nitrogens is 2. The zero-order valence-corrected chi connectivity index (χ0v) is 11.9. The lowest BCUT2D eigenvalue weighted by molar-refractivity contribution is 0.0669. The monoisotopic (exact) mass is 305 g/mol. The van der Waals surface area contributed by atoms with E-state index in [2.05, 4.69) is 21.0 Å². The summed E-state index contributed by atoms with van der Waals surface area (Å²) in [6.45, 7) is 4.72. The van der Waals surface area contributed by atoms with Crippen LogP contribution in [0.4, 0.5) is 0 Å².